The maximum absolute atomic E-state index is 12.2. The summed E-state index contributed by atoms with van der Waals surface area (Å²) in [6, 6.07) is 6.51. The number of hydrogen-bond acceptors (Lipinski definition) is 7. The van der Waals surface area contributed by atoms with E-state index in [1.807, 2.05) is 0 Å². The number of carbonyl (C=O) groups is 3. The van der Waals surface area contributed by atoms with Crippen LogP contribution in [-0.4, -0.2) is 32.2 Å². The van der Waals surface area contributed by atoms with Crippen LogP contribution in [0.15, 0.2) is 52.3 Å². The molecule has 0 radical (unpaired) electrons. The van der Waals surface area contributed by atoms with E-state index in [4.69, 9.17) is 18.6 Å². The van der Waals surface area contributed by atoms with Crippen molar-refractivity contribution >= 4 is 18.0 Å². The van der Waals surface area contributed by atoms with E-state index in [1.165, 1.54) is 32.6 Å². The van der Waals surface area contributed by atoms with Gasteiger partial charge in [0.15, 0.2) is 11.5 Å². The van der Waals surface area contributed by atoms with Crippen molar-refractivity contribution in [2.75, 3.05) is 14.2 Å². The number of furan rings is 1. The minimum atomic E-state index is -0.759. The highest BCUT2D eigenvalue weighted by atomic mass is 16.6. The zero-order valence-corrected chi connectivity index (χ0v) is 15.4. The monoisotopic (exact) mass is 386 g/mol. The minimum Gasteiger partial charge on any atom is -0.493 e. The van der Waals surface area contributed by atoms with Gasteiger partial charge in [0.05, 0.1) is 32.1 Å². The fourth-order valence-electron chi connectivity index (χ4n) is 2.82. The fraction of sp³-hybridized carbons (Fsp3) is 0.211. The molecular weight excluding hydrogens is 368 g/mol. The number of ether oxygens (including phenoxy) is 3. The van der Waals surface area contributed by atoms with E-state index in [1.54, 1.807) is 25.1 Å². The van der Waals surface area contributed by atoms with Crippen molar-refractivity contribution in [3.63, 3.8) is 0 Å². The molecule has 0 unspecified atom stereocenters. The second-order valence-corrected chi connectivity index (χ2v) is 5.84. The molecule has 2 aromatic rings. The van der Waals surface area contributed by atoms with Crippen LogP contribution in [0.5, 0.6) is 11.5 Å². The Morgan fingerprint density at radius 2 is 1.89 bits per heavy atom. The van der Waals surface area contributed by atoms with Crippen molar-refractivity contribution in [3.8, 4) is 11.5 Å². The largest absolute Gasteiger partial charge is 0.493 e. The molecule has 0 aliphatic carbocycles. The van der Waals surface area contributed by atoms with Crippen LogP contribution in [-0.2, 0) is 9.53 Å². The zero-order valence-electron chi connectivity index (χ0n) is 15.4. The highest BCUT2D eigenvalue weighted by Crippen LogP contribution is 2.34. The van der Waals surface area contributed by atoms with Crippen molar-refractivity contribution < 1.29 is 33.0 Å². The Hall–Kier alpha value is -3.75. The summed E-state index contributed by atoms with van der Waals surface area (Å²) in [6.45, 7) is 1.61. The van der Waals surface area contributed by atoms with E-state index in [0.29, 0.717) is 11.3 Å². The number of allylic oxidation sites excluding steroid dienone is 1. The third-order valence-electron chi connectivity index (χ3n) is 4.12. The number of esters is 2. The van der Waals surface area contributed by atoms with Gasteiger partial charge in [-0.25, -0.2) is 14.4 Å². The number of hydrogen-bond donors (Lipinski definition) is 2. The van der Waals surface area contributed by atoms with E-state index >= 15 is 0 Å². The standard InChI is InChI=1S/C19H18N2O7/c1-10-15(18(23)26-3)16(21-19(24)20-10)11-6-7-12(14(9-11)25-2)28-17(22)13-5-4-8-27-13/h4-9,16H,1-3H3,(H2,20,21,24)/t16-/m1/s1. The number of amides is 2. The van der Waals surface area contributed by atoms with Gasteiger partial charge in [-0.05, 0) is 36.8 Å². The first-order valence-electron chi connectivity index (χ1n) is 8.24. The maximum atomic E-state index is 12.2. The molecule has 0 bridgehead atoms. The summed E-state index contributed by atoms with van der Waals surface area (Å²) >= 11 is 0. The van der Waals surface area contributed by atoms with Crippen LogP contribution in [0.25, 0.3) is 0 Å². The molecule has 0 fully saturated rings. The molecule has 1 aliphatic heterocycles. The summed E-state index contributed by atoms with van der Waals surface area (Å²) in [5.74, 6) is -0.817. The number of carbonyl (C=O) groups excluding carboxylic acids is 3. The summed E-state index contributed by atoms with van der Waals surface area (Å²) in [5, 5.41) is 5.22. The molecule has 0 spiro atoms. The predicted molar refractivity (Wildman–Crippen MR) is 95.8 cm³/mol. The lowest BCUT2D eigenvalue weighted by Gasteiger charge is -2.28. The number of methoxy groups -OCH3 is 2. The molecule has 28 heavy (non-hydrogen) atoms. The molecule has 1 aromatic heterocycles. The summed E-state index contributed by atoms with van der Waals surface area (Å²) < 4.78 is 20.4. The third-order valence-corrected chi connectivity index (χ3v) is 4.12. The predicted octanol–water partition coefficient (Wildman–Crippen LogP) is 2.31. The molecule has 0 saturated heterocycles. The van der Waals surface area contributed by atoms with E-state index in [9.17, 15) is 14.4 Å². The summed E-state index contributed by atoms with van der Waals surface area (Å²) in [7, 11) is 2.67. The van der Waals surface area contributed by atoms with Crippen LogP contribution in [0.1, 0.15) is 29.1 Å². The van der Waals surface area contributed by atoms with Crippen molar-refractivity contribution in [2.24, 2.45) is 0 Å². The Kier molecular flexibility index (Phi) is 5.35. The zero-order chi connectivity index (χ0) is 20.3. The number of urea groups is 1. The third kappa shape index (κ3) is 3.68. The first-order valence-corrected chi connectivity index (χ1v) is 8.24. The summed E-state index contributed by atoms with van der Waals surface area (Å²) in [5.41, 5.74) is 1.18. The van der Waals surface area contributed by atoms with Gasteiger partial charge in [-0.15, -0.1) is 0 Å². The summed E-state index contributed by atoms with van der Waals surface area (Å²) in [6.07, 6.45) is 1.36. The van der Waals surface area contributed by atoms with Gasteiger partial charge in [0, 0.05) is 5.70 Å². The quantitative estimate of drug-likeness (QED) is 0.598. The van der Waals surface area contributed by atoms with Crippen molar-refractivity contribution in [1.29, 1.82) is 0 Å². The molecule has 1 aliphatic rings. The Morgan fingerprint density at radius 1 is 1.11 bits per heavy atom. The number of benzene rings is 1. The van der Waals surface area contributed by atoms with Gasteiger partial charge in [0.2, 0.25) is 5.76 Å². The summed E-state index contributed by atoms with van der Waals surface area (Å²) in [4.78, 5) is 36.2. The SMILES string of the molecule is COC(=O)C1=C(C)NC(=O)N[C@@H]1c1ccc(OC(=O)c2ccco2)c(OC)c1. The molecule has 0 saturated carbocycles. The Morgan fingerprint density at radius 3 is 2.54 bits per heavy atom. The van der Waals surface area contributed by atoms with E-state index in [-0.39, 0.29) is 22.8 Å². The lowest BCUT2D eigenvalue weighted by atomic mass is 9.95. The Labute approximate surface area is 160 Å². The van der Waals surface area contributed by atoms with Crippen LogP contribution in [0, 0.1) is 0 Å². The molecule has 2 amide bonds. The average Bonchev–Trinajstić information content (AvgIpc) is 3.22. The molecule has 9 nitrogen and oxygen atoms in total. The van der Waals surface area contributed by atoms with Crippen LogP contribution < -0.4 is 20.1 Å². The minimum absolute atomic E-state index is 0.0447. The smallest absolute Gasteiger partial charge is 0.379 e. The van der Waals surface area contributed by atoms with Gasteiger partial charge in [-0.3, -0.25) is 0 Å². The van der Waals surface area contributed by atoms with Gasteiger partial charge in [0.1, 0.15) is 0 Å². The number of rotatable bonds is 5. The molecule has 2 heterocycles. The average molecular weight is 386 g/mol. The van der Waals surface area contributed by atoms with Crippen molar-refractivity contribution in [2.45, 2.75) is 13.0 Å². The highest BCUT2D eigenvalue weighted by Gasteiger charge is 2.32. The van der Waals surface area contributed by atoms with E-state index in [2.05, 4.69) is 10.6 Å². The maximum Gasteiger partial charge on any atom is 0.379 e. The van der Waals surface area contributed by atoms with Gasteiger partial charge in [0.25, 0.3) is 0 Å². The van der Waals surface area contributed by atoms with Crippen molar-refractivity contribution in [3.05, 3.63) is 59.2 Å². The molecular formula is C19H18N2O7. The second kappa shape index (κ2) is 7.87. The topological polar surface area (TPSA) is 116 Å². The van der Waals surface area contributed by atoms with Crippen LogP contribution in [0.4, 0.5) is 4.79 Å². The first kappa shape index (κ1) is 19.0. The normalized spacial score (nSPS) is 16.1. The molecule has 3 rings (SSSR count). The Balaban J connectivity index is 1.94. The highest BCUT2D eigenvalue weighted by molar-refractivity contribution is 5.95. The van der Waals surface area contributed by atoms with Crippen LogP contribution in [0.3, 0.4) is 0 Å². The van der Waals surface area contributed by atoms with Crippen LogP contribution in [0.2, 0.25) is 0 Å². The van der Waals surface area contributed by atoms with E-state index in [0.717, 1.165) is 0 Å². The fourth-order valence-corrected chi connectivity index (χ4v) is 2.82. The number of nitrogens with one attached hydrogen (secondary N) is 2. The van der Waals surface area contributed by atoms with Crippen molar-refractivity contribution in [1.82, 2.24) is 10.6 Å². The lowest BCUT2D eigenvalue weighted by Crippen LogP contribution is -2.45. The van der Waals surface area contributed by atoms with Crippen LogP contribution >= 0.6 is 0 Å². The molecule has 2 N–H and O–H groups in total. The molecule has 9 heteroatoms. The van der Waals surface area contributed by atoms with Gasteiger partial charge in [-0.2, -0.15) is 0 Å². The molecule has 1 atom stereocenters. The molecule has 146 valence electrons. The molecule has 1 aromatic carbocycles. The van der Waals surface area contributed by atoms with E-state index < -0.39 is 24.0 Å². The van der Waals surface area contributed by atoms with Gasteiger partial charge in [-0.1, -0.05) is 6.07 Å². The lowest BCUT2D eigenvalue weighted by molar-refractivity contribution is -0.136. The van der Waals surface area contributed by atoms with Gasteiger partial charge >= 0.3 is 18.0 Å². The Bertz CT molecular complexity index is 947. The first-order chi connectivity index (χ1) is 13.4. The van der Waals surface area contributed by atoms with Gasteiger partial charge < -0.3 is 29.3 Å². The second-order valence-electron chi connectivity index (χ2n) is 5.84.